The third-order valence-electron chi connectivity index (χ3n) is 5.02. The van der Waals surface area contributed by atoms with Crippen LogP contribution >= 0.6 is 0 Å². The van der Waals surface area contributed by atoms with Gasteiger partial charge >= 0.3 is 7.32 Å². The number of ether oxygens (including phenoxy) is 2. The zero-order valence-electron chi connectivity index (χ0n) is 11.1. The maximum atomic E-state index is 10.1. The van der Waals surface area contributed by atoms with Crippen molar-refractivity contribution in [3.05, 3.63) is 0 Å². The van der Waals surface area contributed by atoms with Gasteiger partial charge in [0.2, 0.25) is 11.6 Å². The second-order valence-electron chi connectivity index (χ2n) is 6.42. The quantitative estimate of drug-likeness (QED) is 0.696. The molecule has 6 nitrogen and oxygen atoms in total. The molecule has 0 bridgehead atoms. The van der Waals surface area contributed by atoms with Crippen LogP contribution in [0.3, 0.4) is 0 Å². The van der Waals surface area contributed by atoms with Crippen LogP contribution in [0, 0.1) is 17.8 Å². The Kier molecular flexibility index (Phi) is 2.46. The summed E-state index contributed by atoms with van der Waals surface area (Å²) in [6, 6.07) is 0. The summed E-state index contributed by atoms with van der Waals surface area (Å²) in [5.41, 5.74) is 0. The fourth-order valence-electron chi connectivity index (χ4n) is 3.58. The molecule has 2 N–H and O–H groups in total. The Balaban J connectivity index is 1.51. The van der Waals surface area contributed by atoms with Gasteiger partial charge in [0.15, 0.2) is 0 Å². The zero-order valence-corrected chi connectivity index (χ0v) is 11.1. The second kappa shape index (κ2) is 3.72. The van der Waals surface area contributed by atoms with Crippen LogP contribution in [0.4, 0.5) is 0 Å². The lowest BCUT2D eigenvalue weighted by Gasteiger charge is -2.35. The molecule has 4 fully saturated rings. The molecule has 0 spiro atoms. The number of hydrogen-bond acceptors (Lipinski definition) is 6. The molecule has 19 heavy (non-hydrogen) atoms. The standard InChI is InChI=1S/C12H19BO6/c1-6-3-7(6)8-4-9(8)17-12-10(14)5-16-11(12,2)18-13(15)19-12/h6-10,14-15H,3-5H2,1-2H3/t6?,7-,8?,9-,10-,11+,12+/m0/s1. The summed E-state index contributed by atoms with van der Waals surface area (Å²) in [5, 5.41) is 19.7. The van der Waals surface area contributed by atoms with Gasteiger partial charge in [-0.15, -0.1) is 0 Å². The van der Waals surface area contributed by atoms with Crippen LogP contribution in [-0.2, 0) is 18.8 Å². The summed E-state index contributed by atoms with van der Waals surface area (Å²) >= 11 is 0. The van der Waals surface area contributed by atoms with Crippen LogP contribution in [0.2, 0.25) is 0 Å². The summed E-state index contributed by atoms with van der Waals surface area (Å²) in [4.78, 5) is 0. The first-order valence-electron chi connectivity index (χ1n) is 6.99. The smallest absolute Gasteiger partial charge is 0.401 e. The maximum Gasteiger partial charge on any atom is 0.641 e. The van der Waals surface area contributed by atoms with E-state index >= 15 is 0 Å². The van der Waals surface area contributed by atoms with Gasteiger partial charge in [0, 0.05) is 0 Å². The minimum absolute atomic E-state index is 0.0690. The Bertz CT molecular complexity index is 408. The fraction of sp³-hybridized carbons (Fsp3) is 1.00. The normalized spacial score (nSPS) is 59.4. The van der Waals surface area contributed by atoms with E-state index in [0.29, 0.717) is 5.92 Å². The van der Waals surface area contributed by atoms with Crippen LogP contribution < -0.4 is 0 Å². The lowest BCUT2D eigenvalue weighted by molar-refractivity contribution is -0.300. The third kappa shape index (κ3) is 1.66. The molecule has 0 aromatic carbocycles. The molecular formula is C12H19BO6. The Morgan fingerprint density at radius 1 is 1.26 bits per heavy atom. The van der Waals surface area contributed by atoms with Crippen molar-refractivity contribution in [3.63, 3.8) is 0 Å². The van der Waals surface area contributed by atoms with E-state index < -0.39 is 25.0 Å². The van der Waals surface area contributed by atoms with Crippen molar-refractivity contribution in [2.45, 2.75) is 50.5 Å². The molecule has 2 aliphatic carbocycles. The van der Waals surface area contributed by atoms with Crippen molar-refractivity contribution < 1.29 is 28.9 Å². The fourth-order valence-corrected chi connectivity index (χ4v) is 3.58. The summed E-state index contributed by atoms with van der Waals surface area (Å²) in [7, 11) is -1.42. The summed E-state index contributed by atoms with van der Waals surface area (Å²) in [6.45, 7) is 3.96. The molecule has 0 amide bonds. The summed E-state index contributed by atoms with van der Waals surface area (Å²) in [5.74, 6) is -0.585. The zero-order chi connectivity index (χ0) is 13.4. The lowest BCUT2D eigenvalue weighted by Crippen LogP contribution is -2.55. The van der Waals surface area contributed by atoms with Crippen molar-refractivity contribution in [1.29, 1.82) is 0 Å². The monoisotopic (exact) mass is 270 g/mol. The van der Waals surface area contributed by atoms with E-state index in [0.717, 1.165) is 18.3 Å². The minimum atomic E-state index is -1.42. The molecule has 0 aromatic heterocycles. The predicted octanol–water partition coefficient (Wildman–Crippen LogP) is -0.125. The van der Waals surface area contributed by atoms with Gasteiger partial charge in [0.05, 0.1) is 12.7 Å². The average molecular weight is 270 g/mol. The van der Waals surface area contributed by atoms with E-state index in [1.165, 1.54) is 6.42 Å². The molecule has 2 saturated heterocycles. The largest absolute Gasteiger partial charge is 0.641 e. The third-order valence-corrected chi connectivity index (χ3v) is 5.02. The van der Waals surface area contributed by atoms with Crippen molar-refractivity contribution in [1.82, 2.24) is 0 Å². The highest BCUT2D eigenvalue weighted by Gasteiger charge is 2.72. The van der Waals surface area contributed by atoms with Crippen molar-refractivity contribution >= 4 is 7.32 Å². The number of aliphatic hydroxyl groups is 1. The summed E-state index contributed by atoms with van der Waals surface area (Å²) in [6.07, 6.45) is 1.36. The first-order chi connectivity index (χ1) is 8.95. The lowest BCUT2D eigenvalue weighted by atomic mass is 10.1. The van der Waals surface area contributed by atoms with Gasteiger partial charge in [-0.3, -0.25) is 0 Å². The molecule has 4 aliphatic rings. The molecule has 2 saturated carbocycles. The number of rotatable bonds is 3. The maximum absolute atomic E-state index is 10.1. The molecule has 2 unspecified atom stereocenters. The van der Waals surface area contributed by atoms with E-state index in [9.17, 15) is 10.1 Å². The second-order valence-corrected chi connectivity index (χ2v) is 6.42. The van der Waals surface area contributed by atoms with E-state index in [1.54, 1.807) is 6.92 Å². The predicted molar refractivity (Wildman–Crippen MR) is 63.5 cm³/mol. The van der Waals surface area contributed by atoms with Gasteiger partial charge < -0.3 is 28.9 Å². The molecule has 7 atom stereocenters. The summed E-state index contributed by atoms with van der Waals surface area (Å²) < 4.78 is 22.0. The van der Waals surface area contributed by atoms with Crippen LogP contribution in [0.5, 0.6) is 0 Å². The van der Waals surface area contributed by atoms with Gasteiger partial charge in [-0.2, -0.15) is 0 Å². The molecule has 2 heterocycles. The molecule has 4 rings (SSSR count). The minimum Gasteiger partial charge on any atom is -0.401 e. The van der Waals surface area contributed by atoms with Crippen LogP contribution in [-0.4, -0.2) is 47.8 Å². The van der Waals surface area contributed by atoms with Gasteiger partial charge in [-0.1, -0.05) is 6.92 Å². The van der Waals surface area contributed by atoms with Crippen LogP contribution in [0.15, 0.2) is 0 Å². The highest BCUT2D eigenvalue weighted by atomic mass is 16.9. The highest BCUT2D eigenvalue weighted by molar-refractivity contribution is 6.35. The van der Waals surface area contributed by atoms with Crippen LogP contribution in [0.1, 0.15) is 26.7 Å². The Morgan fingerprint density at radius 3 is 2.68 bits per heavy atom. The number of hydrogen-bond donors (Lipinski definition) is 2. The van der Waals surface area contributed by atoms with E-state index in [-0.39, 0.29) is 12.7 Å². The number of aliphatic hydroxyl groups excluding tert-OH is 1. The average Bonchev–Trinajstić information content (AvgIpc) is 3.18. The molecule has 0 radical (unpaired) electrons. The van der Waals surface area contributed by atoms with Gasteiger partial charge in [-0.25, -0.2) is 0 Å². The van der Waals surface area contributed by atoms with Crippen LogP contribution in [0.25, 0.3) is 0 Å². The Labute approximate surface area is 112 Å². The Hall–Kier alpha value is -0.175. The van der Waals surface area contributed by atoms with E-state index in [2.05, 4.69) is 6.92 Å². The van der Waals surface area contributed by atoms with Gasteiger partial charge in [0.1, 0.15) is 6.10 Å². The van der Waals surface area contributed by atoms with Crippen molar-refractivity contribution in [2.75, 3.05) is 6.61 Å². The first kappa shape index (κ1) is 12.6. The molecule has 0 aromatic rings. The molecule has 106 valence electrons. The molecule has 2 aliphatic heterocycles. The van der Waals surface area contributed by atoms with Gasteiger partial charge in [0.25, 0.3) is 0 Å². The number of fused-ring (bicyclic) bond motifs is 1. The van der Waals surface area contributed by atoms with Crippen molar-refractivity contribution in [3.8, 4) is 0 Å². The van der Waals surface area contributed by atoms with E-state index in [1.807, 2.05) is 0 Å². The highest BCUT2D eigenvalue weighted by Crippen LogP contribution is 2.58. The van der Waals surface area contributed by atoms with Crippen molar-refractivity contribution in [2.24, 2.45) is 17.8 Å². The molecule has 7 heteroatoms. The Morgan fingerprint density at radius 2 is 2.00 bits per heavy atom. The van der Waals surface area contributed by atoms with Gasteiger partial charge in [-0.05, 0) is 37.5 Å². The SMILES string of the molecule is CC1C[C@@H]1C1C[C@@H]1O[C@]12OB(O)O[C@@]1(C)OC[C@@H]2O. The first-order valence-corrected chi connectivity index (χ1v) is 6.99. The topological polar surface area (TPSA) is 77.4 Å². The van der Waals surface area contributed by atoms with E-state index in [4.69, 9.17) is 18.8 Å². The molecular weight excluding hydrogens is 251 g/mol.